The van der Waals surface area contributed by atoms with Gasteiger partial charge < -0.3 is 9.47 Å². The molecule has 0 aliphatic heterocycles. The van der Waals surface area contributed by atoms with Gasteiger partial charge >= 0.3 is 0 Å². The zero-order chi connectivity index (χ0) is 19.9. The Kier molecular flexibility index (Phi) is 5.95. The van der Waals surface area contributed by atoms with Gasteiger partial charge in [0, 0.05) is 11.1 Å². The molecule has 0 aliphatic carbocycles. The van der Waals surface area contributed by atoms with Gasteiger partial charge in [-0.3, -0.25) is 4.79 Å². The number of tetrazole rings is 1. The second-order valence-corrected chi connectivity index (χ2v) is 5.81. The van der Waals surface area contributed by atoms with Crippen molar-refractivity contribution in [2.75, 3.05) is 14.2 Å². The fourth-order valence-electron chi connectivity index (χ4n) is 2.45. The van der Waals surface area contributed by atoms with E-state index in [1.807, 2.05) is 36.4 Å². The minimum atomic E-state index is -0.364. The van der Waals surface area contributed by atoms with Crippen molar-refractivity contribution < 1.29 is 14.3 Å². The van der Waals surface area contributed by atoms with Gasteiger partial charge in [0.25, 0.3) is 5.91 Å². The molecule has 1 aromatic heterocycles. The number of hydrogen-bond donors (Lipinski definition) is 1. The van der Waals surface area contributed by atoms with E-state index in [1.54, 1.807) is 33.3 Å². The number of carbonyl (C=O) groups is 1. The van der Waals surface area contributed by atoms with Gasteiger partial charge in [-0.15, -0.1) is 10.2 Å². The van der Waals surface area contributed by atoms with Gasteiger partial charge in [-0.1, -0.05) is 30.3 Å². The molecule has 144 valence electrons. The Balaban J connectivity index is 1.63. The molecule has 0 atom stereocenters. The first-order valence-electron chi connectivity index (χ1n) is 8.49. The fraction of sp³-hybridized carbons (Fsp3) is 0.211. The first kappa shape index (κ1) is 19.0. The van der Waals surface area contributed by atoms with E-state index in [0.717, 1.165) is 11.1 Å². The van der Waals surface area contributed by atoms with E-state index >= 15 is 0 Å². The Morgan fingerprint density at radius 3 is 2.57 bits per heavy atom. The van der Waals surface area contributed by atoms with Crippen LogP contribution in [-0.4, -0.2) is 46.0 Å². The summed E-state index contributed by atoms with van der Waals surface area (Å²) in [5.74, 6) is 1.30. The van der Waals surface area contributed by atoms with E-state index in [1.165, 1.54) is 4.80 Å². The van der Waals surface area contributed by atoms with Crippen LogP contribution < -0.4 is 14.9 Å². The highest BCUT2D eigenvalue weighted by atomic mass is 16.5. The summed E-state index contributed by atoms with van der Waals surface area (Å²) < 4.78 is 10.5. The number of carbonyl (C=O) groups excluding carboxylic acids is 1. The molecular weight excluding hydrogens is 360 g/mol. The van der Waals surface area contributed by atoms with E-state index < -0.39 is 0 Å². The first-order chi connectivity index (χ1) is 13.6. The molecule has 0 fully saturated rings. The second kappa shape index (κ2) is 8.76. The van der Waals surface area contributed by atoms with Crippen LogP contribution in [0.2, 0.25) is 0 Å². The van der Waals surface area contributed by atoms with Crippen molar-refractivity contribution in [1.82, 2.24) is 25.6 Å². The van der Waals surface area contributed by atoms with Crippen LogP contribution in [0.15, 0.2) is 53.6 Å². The maximum absolute atomic E-state index is 12.1. The molecule has 3 rings (SSSR count). The molecule has 0 saturated carbocycles. The number of hydrogen-bond acceptors (Lipinski definition) is 7. The third-order valence-electron chi connectivity index (χ3n) is 3.92. The Labute approximate surface area is 162 Å². The van der Waals surface area contributed by atoms with Crippen molar-refractivity contribution in [3.05, 3.63) is 54.1 Å². The molecule has 1 amide bonds. The number of rotatable bonds is 7. The lowest BCUT2D eigenvalue weighted by Crippen LogP contribution is -2.25. The van der Waals surface area contributed by atoms with Crippen LogP contribution in [-0.2, 0) is 11.3 Å². The number of benzene rings is 2. The Morgan fingerprint density at radius 2 is 1.86 bits per heavy atom. The molecule has 9 heteroatoms. The summed E-state index contributed by atoms with van der Waals surface area (Å²) in [6, 6.07) is 14.8. The molecule has 0 unspecified atom stereocenters. The topological polar surface area (TPSA) is 104 Å². The summed E-state index contributed by atoms with van der Waals surface area (Å²) in [5, 5.41) is 16.2. The summed E-state index contributed by atoms with van der Waals surface area (Å²) >= 11 is 0. The average molecular weight is 380 g/mol. The van der Waals surface area contributed by atoms with Crippen LogP contribution in [0.3, 0.4) is 0 Å². The van der Waals surface area contributed by atoms with E-state index in [4.69, 9.17) is 9.47 Å². The molecule has 9 nitrogen and oxygen atoms in total. The van der Waals surface area contributed by atoms with Crippen LogP contribution in [0.1, 0.15) is 12.5 Å². The third-order valence-corrected chi connectivity index (χ3v) is 3.92. The lowest BCUT2D eigenvalue weighted by atomic mass is 10.1. The van der Waals surface area contributed by atoms with Gasteiger partial charge in [0.2, 0.25) is 5.82 Å². The lowest BCUT2D eigenvalue weighted by Gasteiger charge is -2.09. The van der Waals surface area contributed by atoms with Gasteiger partial charge in [0.05, 0.1) is 19.9 Å². The standard InChI is InChI=1S/C19H20N6O3/c1-13(15-9-10-16(27-2)17(11-15)28-3)20-21-18(26)12-25-23-19(22-24-25)14-7-5-4-6-8-14/h4-11H,12H2,1-3H3,(H,21,26)/b20-13+. The molecule has 0 saturated heterocycles. The highest BCUT2D eigenvalue weighted by molar-refractivity contribution is 5.99. The average Bonchev–Trinajstić information content (AvgIpc) is 3.20. The van der Waals surface area contributed by atoms with Crippen molar-refractivity contribution in [2.24, 2.45) is 5.10 Å². The normalized spacial score (nSPS) is 11.2. The lowest BCUT2D eigenvalue weighted by molar-refractivity contribution is -0.122. The number of aromatic nitrogens is 4. The largest absolute Gasteiger partial charge is 0.493 e. The number of hydrazone groups is 1. The summed E-state index contributed by atoms with van der Waals surface area (Å²) in [6.45, 7) is 1.69. The number of methoxy groups -OCH3 is 2. The van der Waals surface area contributed by atoms with Crippen molar-refractivity contribution in [3.63, 3.8) is 0 Å². The Bertz CT molecular complexity index is 984. The van der Waals surface area contributed by atoms with Crippen molar-refractivity contribution >= 4 is 11.6 Å². The highest BCUT2D eigenvalue weighted by Gasteiger charge is 2.10. The predicted molar refractivity (Wildman–Crippen MR) is 103 cm³/mol. The van der Waals surface area contributed by atoms with Gasteiger partial charge in [-0.05, 0) is 30.3 Å². The van der Waals surface area contributed by atoms with Crippen LogP contribution in [0, 0.1) is 0 Å². The van der Waals surface area contributed by atoms with E-state index in [2.05, 4.69) is 25.9 Å². The first-order valence-corrected chi connectivity index (χ1v) is 8.49. The maximum Gasteiger partial charge on any atom is 0.263 e. The molecule has 0 spiro atoms. The molecule has 0 aliphatic rings. The van der Waals surface area contributed by atoms with Gasteiger partial charge in [-0.25, -0.2) is 5.43 Å². The molecule has 0 radical (unpaired) electrons. The molecule has 0 bridgehead atoms. The fourth-order valence-corrected chi connectivity index (χ4v) is 2.45. The molecule has 2 aromatic carbocycles. The van der Waals surface area contributed by atoms with Crippen molar-refractivity contribution in [2.45, 2.75) is 13.5 Å². The van der Waals surface area contributed by atoms with Gasteiger partial charge in [-0.2, -0.15) is 9.90 Å². The molecular formula is C19H20N6O3. The summed E-state index contributed by atoms with van der Waals surface area (Å²) in [5.41, 5.74) is 4.73. The monoisotopic (exact) mass is 380 g/mol. The number of amides is 1. The zero-order valence-electron chi connectivity index (χ0n) is 15.8. The number of ether oxygens (including phenoxy) is 2. The summed E-state index contributed by atoms with van der Waals surface area (Å²) in [7, 11) is 3.13. The summed E-state index contributed by atoms with van der Waals surface area (Å²) in [4.78, 5) is 13.3. The molecule has 1 N–H and O–H groups in total. The second-order valence-electron chi connectivity index (χ2n) is 5.81. The Hall–Kier alpha value is -3.75. The quantitative estimate of drug-likeness (QED) is 0.496. The van der Waals surface area contributed by atoms with Crippen molar-refractivity contribution in [3.8, 4) is 22.9 Å². The molecule has 1 heterocycles. The molecule has 28 heavy (non-hydrogen) atoms. The maximum atomic E-state index is 12.1. The summed E-state index contributed by atoms with van der Waals surface area (Å²) in [6.07, 6.45) is 0. The van der Waals surface area contributed by atoms with Gasteiger partial charge in [0.15, 0.2) is 11.5 Å². The van der Waals surface area contributed by atoms with E-state index in [-0.39, 0.29) is 12.5 Å². The van der Waals surface area contributed by atoms with E-state index in [0.29, 0.717) is 23.0 Å². The van der Waals surface area contributed by atoms with Crippen LogP contribution in [0.25, 0.3) is 11.4 Å². The van der Waals surface area contributed by atoms with Crippen LogP contribution >= 0.6 is 0 Å². The minimum Gasteiger partial charge on any atom is -0.493 e. The minimum absolute atomic E-state index is 0.0947. The van der Waals surface area contributed by atoms with Gasteiger partial charge in [0.1, 0.15) is 6.54 Å². The zero-order valence-corrected chi connectivity index (χ0v) is 15.8. The number of nitrogens with zero attached hydrogens (tertiary/aromatic N) is 5. The SMILES string of the molecule is COc1ccc(/C(C)=N/NC(=O)Cn2nnc(-c3ccccc3)n2)cc1OC. The van der Waals surface area contributed by atoms with Crippen LogP contribution in [0.5, 0.6) is 11.5 Å². The van der Waals surface area contributed by atoms with Crippen molar-refractivity contribution in [1.29, 1.82) is 0 Å². The number of nitrogens with one attached hydrogen (secondary N) is 1. The Morgan fingerprint density at radius 1 is 1.11 bits per heavy atom. The smallest absolute Gasteiger partial charge is 0.263 e. The predicted octanol–water partition coefficient (Wildman–Crippen LogP) is 1.90. The van der Waals surface area contributed by atoms with E-state index in [9.17, 15) is 4.79 Å². The highest BCUT2D eigenvalue weighted by Crippen LogP contribution is 2.27. The third kappa shape index (κ3) is 4.50. The van der Waals surface area contributed by atoms with Crippen LogP contribution in [0.4, 0.5) is 0 Å². The molecule has 3 aromatic rings.